The van der Waals surface area contributed by atoms with E-state index in [4.69, 9.17) is 16.4 Å². The van der Waals surface area contributed by atoms with Crippen LogP contribution in [0.5, 0.6) is 0 Å². The van der Waals surface area contributed by atoms with Crippen molar-refractivity contribution in [3.05, 3.63) is 0 Å². The van der Waals surface area contributed by atoms with E-state index in [2.05, 4.69) is 39.1 Å². The van der Waals surface area contributed by atoms with Gasteiger partial charge >= 0.3 is 259 Å². The fraction of sp³-hybridized carbons (Fsp3) is 0.960. The van der Waals surface area contributed by atoms with Gasteiger partial charge in [-0.2, -0.15) is 0 Å². The molecule has 0 rings (SSSR count). The minimum atomic E-state index is -4.05. The van der Waals surface area contributed by atoms with Gasteiger partial charge in [0.25, 0.3) is 0 Å². The molecular formula is C50H100O6S2Sn. The van der Waals surface area contributed by atoms with Crippen molar-refractivity contribution in [1.82, 2.24) is 0 Å². The summed E-state index contributed by atoms with van der Waals surface area (Å²) >= 11 is 5.14. The Morgan fingerprint density at radius 2 is 0.610 bits per heavy atom. The quantitative estimate of drug-likeness (QED) is 0.0276. The van der Waals surface area contributed by atoms with Crippen LogP contribution in [-0.2, 0) is 15.7 Å². The Labute approximate surface area is 383 Å². The monoisotopic (exact) mass is 981 g/mol. The second kappa shape index (κ2) is 46.4. The molecule has 2 unspecified atom stereocenters. The summed E-state index contributed by atoms with van der Waals surface area (Å²) in [7, 11) is 0. The third-order valence-electron chi connectivity index (χ3n) is 12.4. The number of hydrogen-bond donors (Lipinski definition) is 4. The number of carbonyl (C=O) groups is 2. The van der Waals surface area contributed by atoms with Crippen LogP contribution in [0, 0.1) is 11.8 Å². The van der Waals surface area contributed by atoms with Gasteiger partial charge < -0.3 is 10.2 Å². The number of hydrogen-bond acceptors (Lipinski definition) is 8. The van der Waals surface area contributed by atoms with Gasteiger partial charge in [-0.05, 0) is 12.8 Å². The average Bonchev–Trinajstić information content (AvgIpc) is 3.24. The Bertz CT molecular complexity index is 825. The van der Waals surface area contributed by atoms with Gasteiger partial charge in [-0.3, -0.25) is 0 Å². The van der Waals surface area contributed by atoms with Gasteiger partial charge in [-0.1, -0.05) is 89.9 Å². The summed E-state index contributed by atoms with van der Waals surface area (Å²) in [6, 6.07) is 0. The summed E-state index contributed by atoms with van der Waals surface area (Å²) in [4.78, 5) is 27.5. The Morgan fingerprint density at radius 3 is 0.814 bits per heavy atom. The van der Waals surface area contributed by atoms with E-state index < -0.39 is 19.2 Å². The van der Waals surface area contributed by atoms with E-state index in [1.807, 2.05) is 0 Å². The molecule has 352 valence electrons. The zero-order chi connectivity index (χ0) is 43.3. The predicted molar refractivity (Wildman–Crippen MR) is 263 cm³/mol. The molecule has 0 fully saturated rings. The van der Waals surface area contributed by atoms with Gasteiger partial charge in [0, 0.05) is 13.2 Å². The fourth-order valence-corrected chi connectivity index (χ4v) is 19.1. The Morgan fingerprint density at radius 1 is 0.390 bits per heavy atom. The van der Waals surface area contributed by atoms with E-state index in [1.54, 1.807) is 0 Å². The number of thiol groups is 2. The van der Waals surface area contributed by atoms with Gasteiger partial charge in [-0.25, -0.2) is 0 Å². The molecule has 2 N–H and O–H groups in total. The Hall–Kier alpha value is 0.359. The zero-order valence-electron chi connectivity index (χ0n) is 39.2. The van der Waals surface area contributed by atoms with Crippen LogP contribution < -0.4 is 0 Å². The molecule has 0 saturated carbocycles. The maximum atomic E-state index is 13.7. The van der Waals surface area contributed by atoms with E-state index in [9.17, 15) is 9.59 Å². The van der Waals surface area contributed by atoms with Gasteiger partial charge in [-0.15, -0.1) is 0 Å². The SMILES string of the molecule is CCC[CH2][Sn]([CH2]CCC)([O]C(=O)C(CS)CCCCCCCCCCCCCCCCCCO)[O]C(=O)C(CS)CCCCCCCCCCCCCCCCCCO. The molecule has 0 aromatic carbocycles. The van der Waals surface area contributed by atoms with Gasteiger partial charge in [0.15, 0.2) is 0 Å². The van der Waals surface area contributed by atoms with Crippen LogP contribution in [0.4, 0.5) is 0 Å². The first kappa shape index (κ1) is 59.4. The second-order valence-electron chi connectivity index (χ2n) is 18.1. The molecular weight excluding hydrogens is 879 g/mol. The van der Waals surface area contributed by atoms with Crippen molar-refractivity contribution < 1.29 is 26.0 Å². The van der Waals surface area contributed by atoms with E-state index in [1.165, 1.54) is 167 Å². The zero-order valence-corrected chi connectivity index (χ0v) is 43.8. The number of aliphatic hydroxyl groups is 2. The first-order valence-corrected chi connectivity index (χ1v) is 33.5. The molecule has 0 heterocycles. The normalized spacial score (nSPS) is 12.8. The van der Waals surface area contributed by atoms with Crippen molar-refractivity contribution in [1.29, 1.82) is 0 Å². The minimum absolute atomic E-state index is 0.166. The maximum absolute atomic E-state index is 13.7. The molecule has 6 nitrogen and oxygen atoms in total. The number of rotatable bonds is 48. The summed E-state index contributed by atoms with van der Waals surface area (Å²) in [6.45, 7) is 4.99. The van der Waals surface area contributed by atoms with E-state index in [-0.39, 0.29) is 23.8 Å². The van der Waals surface area contributed by atoms with Crippen molar-refractivity contribution in [2.45, 2.75) is 267 Å². The van der Waals surface area contributed by atoms with E-state index in [0.29, 0.717) is 24.7 Å². The average molecular weight is 980 g/mol. The Balaban J connectivity index is 4.51. The summed E-state index contributed by atoms with van der Waals surface area (Å²) in [5.41, 5.74) is 0. The summed E-state index contributed by atoms with van der Waals surface area (Å²) in [5.74, 6) is 0.157. The van der Waals surface area contributed by atoms with Crippen molar-refractivity contribution >= 4 is 56.4 Å². The predicted octanol–water partition coefficient (Wildman–Crippen LogP) is 15.5. The molecule has 0 aliphatic rings. The molecule has 0 aromatic heterocycles. The molecule has 0 radical (unpaired) electrons. The van der Waals surface area contributed by atoms with E-state index >= 15 is 0 Å². The van der Waals surface area contributed by atoms with Crippen molar-refractivity contribution in [2.24, 2.45) is 11.8 Å². The summed E-state index contributed by atoms with van der Waals surface area (Å²) < 4.78 is 14.5. The van der Waals surface area contributed by atoms with Gasteiger partial charge in [0.2, 0.25) is 0 Å². The number of carbonyl (C=O) groups excluding carboxylic acids is 2. The van der Waals surface area contributed by atoms with Crippen LogP contribution >= 0.6 is 25.3 Å². The molecule has 0 amide bonds. The Kier molecular flexibility index (Phi) is 46.6. The first-order valence-electron chi connectivity index (χ1n) is 25.8. The summed E-state index contributed by atoms with van der Waals surface area (Å²) in [6.07, 6.45) is 45.8. The summed E-state index contributed by atoms with van der Waals surface area (Å²) in [5, 5.41) is 17.7. The minimum Gasteiger partial charge on any atom is -0.396 e. The van der Waals surface area contributed by atoms with Gasteiger partial charge in [0.05, 0.1) is 0 Å². The topological polar surface area (TPSA) is 93.1 Å². The number of unbranched alkanes of at least 4 members (excludes halogenated alkanes) is 32. The standard InChI is InChI=1S/2C21H42O3S.2C4H9.Sn/c2*22-18-16-14-12-10-8-6-4-2-1-3-5-7-9-11-13-15-17-20(19-25)21(23)24;2*1-3-4-2;/h2*20,22,25H,1-19H2,(H,23,24);2*1,3-4H2,2H3;/q;;;;+2/p-2. The van der Waals surface area contributed by atoms with Crippen LogP contribution in [0.3, 0.4) is 0 Å². The van der Waals surface area contributed by atoms with Crippen LogP contribution in [0.2, 0.25) is 8.87 Å². The molecule has 0 aromatic rings. The molecule has 59 heavy (non-hydrogen) atoms. The van der Waals surface area contributed by atoms with E-state index in [0.717, 1.165) is 85.9 Å². The molecule has 0 aliphatic carbocycles. The third-order valence-corrected chi connectivity index (χ3v) is 22.9. The van der Waals surface area contributed by atoms with Crippen LogP contribution in [0.25, 0.3) is 0 Å². The van der Waals surface area contributed by atoms with Crippen LogP contribution in [-0.4, -0.2) is 66.1 Å². The smallest absolute Gasteiger partial charge is 0.396 e. The van der Waals surface area contributed by atoms with Crippen molar-refractivity contribution in [3.8, 4) is 0 Å². The molecule has 0 aliphatic heterocycles. The van der Waals surface area contributed by atoms with Crippen molar-refractivity contribution in [3.63, 3.8) is 0 Å². The molecule has 0 saturated heterocycles. The van der Waals surface area contributed by atoms with Crippen LogP contribution in [0.15, 0.2) is 0 Å². The number of aliphatic hydroxyl groups excluding tert-OH is 2. The molecule has 0 spiro atoms. The fourth-order valence-electron chi connectivity index (χ4n) is 8.30. The van der Waals surface area contributed by atoms with Crippen LogP contribution in [0.1, 0.15) is 258 Å². The van der Waals surface area contributed by atoms with Gasteiger partial charge in [0.1, 0.15) is 0 Å². The molecule has 9 heteroatoms. The molecule has 0 bridgehead atoms. The third kappa shape index (κ3) is 37.4. The first-order chi connectivity index (χ1) is 28.9. The van der Waals surface area contributed by atoms with Crippen molar-refractivity contribution in [2.75, 3.05) is 24.7 Å². The molecule has 2 atom stereocenters. The second-order valence-corrected chi connectivity index (χ2v) is 28.0.